The van der Waals surface area contributed by atoms with Crippen LogP contribution in [0.3, 0.4) is 0 Å². The van der Waals surface area contributed by atoms with E-state index in [9.17, 15) is 0 Å². The second-order valence-corrected chi connectivity index (χ2v) is 39.7. The third-order valence-electron chi connectivity index (χ3n) is 25.7. The SMILES string of the molecule is CC(C)(C)c1cccc(N2[CH-]N(c3[c-]c(Oc4[c-]c(Oc5ccccn5)ccc4)ccc3)c3ccccc32)c1.Cc1cc(C(C)(C)C)cc(C)c1-n1ccnc1-n1c2[c-]c(Oc3[c-]c(N4[CH-]N(c5cccc(C(C)(C)C)c5)c5ccccc54)ccc3)ccc2c2ccccc21.[2H]C([2H])([2H])c1ccnc(-n2c3[c-]c(Oc4[c-]c(N5[CH-]N(c6cccc(C(C)(C)C)c6)c6ccccc65)ccc4)ccc3c3ccccc32)c1.[Pt].[Pt].[Pt]. The predicted octanol–water partition coefficient (Wildman–Crippen LogP) is 32.5. The number of rotatable bonds is 17. The van der Waals surface area contributed by atoms with Crippen LogP contribution < -0.4 is 48.3 Å². The second kappa shape index (κ2) is 41.1. The first-order valence-corrected chi connectivity index (χ1v) is 47.5. The van der Waals surface area contributed by atoms with Crippen LogP contribution in [0.5, 0.6) is 46.1 Å². The molecule has 3 aliphatic heterocycles. The zero-order valence-corrected chi connectivity index (χ0v) is 89.1. The summed E-state index contributed by atoms with van der Waals surface area (Å²) in [4.78, 5) is 26.8. The molecule has 0 amide bonds. The van der Waals surface area contributed by atoms with E-state index in [4.69, 9.17) is 28.0 Å². The Morgan fingerprint density at radius 2 is 0.660 bits per heavy atom. The van der Waals surface area contributed by atoms with Crippen molar-refractivity contribution in [3.63, 3.8) is 0 Å². The molecule has 16 nitrogen and oxygen atoms in total. The number of ether oxygens (including phenoxy) is 4. The Labute approximate surface area is 891 Å². The van der Waals surface area contributed by atoms with E-state index in [-0.39, 0.29) is 90.4 Å². The van der Waals surface area contributed by atoms with Crippen molar-refractivity contribution in [2.75, 3.05) is 29.4 Å². The summed E-state index contributed by atoms with van der Waals surface area (Å²) in [5, 5.41) is 4.18. The third kappa shape index (κ3) is 20.4. The van der Waals surface area contributed by atoms with Crippen LogP contribution in [0.25, 0.3) is 61.1 Å². The number of hydrogen-bond donors (Lipinski definition) is 0. The van der Waals surface area contributed by atoms with Gasteiger partial charge in [0.05, 0.1) is 5.69 Å². The normalized spacial score (nSPS) is 13.2. The summed E-state index contributed by atoms with van der Waals surface area (Å²) >= 11 is 0. The van der Waals surface area contributed by atoms with Crippen LogP contribution in [0, 0.1) is 77.1 Å². The first-order chi connectivity index (χ1) is 69.3. The summed E-state index contributed by atoms with van der Waals surface area (Å²) in [6, 6.07) is 133. The van der Waals surface area contributed by atoms with Gasteiger partial charge < -0.3 is 57.5 Å². The Morgan fingerprint density at radius 1 is 0.292 bits per heavy atom. The van der Waals surface area contributed by atoms with E-state index < -0.39 is 6.85 Å². The zero-order valence-electron chi connectivity index (χ0n) is 85.2. The molecule has 0 aliphatic carbocycles. The maximum absolute atomic E-state index is 7.94. The van der Waals surface area contributed by atoms with Gasteiger partial charge in [-0.15, -0.1) is 139 Å². The van der Waals surface area contributed by atoms with Crippen LogP contribution in [0.4, 0.5) is 68.2 Å². The Kier molecular flexibility index (Phi) is 27.3. The zero-order chi connectivity index (χ0) is 99.7. The number of aryl methyl sites for hydroxylation is 3. The fourth-order valence-electron chi connectivity index (χ4n) is 18.5. The van der Waals surface area contributed by atoms with Crippen LogP contribution in [0.1, 0.15) is 126 Å². The van der Waals surface area contributed by atoms with Crippen molar-refractivity contribution in [2.24, 2.45) is 0 Å². The standard InChI is InChI=1S/C50H46N5O.C41H33N4O.C34H28N3O2.3Pt/c1-33-27-36(50(6,7)8)28-34(2)47(33)52-26-25-51-48(52)55-43-20-10-9-19-41(43)42-24-23-40(31-46(42)55)56-39-18-14-17-38(30-39)54-32-53(44-21-11-12-22-45(44)54)37-16-13-15-35(29-37)49(3,4)5;1-28-21-22-42-40(23-28)45-36-16-6-5-15-34(36)35-20-19-33(26-39(35)45)46-32-14-10-13-31(25-32)44-27-43(37-17-7-8-18-38(37)44)30-12-9-11-29(24-30)41(2,3)4;1-34(2,3)25-11-8-12-26(21-25)36-24-37(32-18-5-4-17-31(32)36)27-13-9-14-28(22-27)38-29-15-10-16-30(23-29)39-33-19-6-7-20-35-33;;;/h9-29,32H,1-8H3;5-24,27H,1-4H3;4-21,24H,1-3H3;;;/q3*-3;;;/i;1D3;;;;. The molecule has 0 atom stereocenters. The molecular formula is C125H107N12O4Pt3-9. The van der Waals surface area contributed by atoms with Gasteiger partial charge in [-0.05, 0) is 195 Å². The van der Waals surface area contributed by atoms with E-state index in [1.807, 2.05) is 138 Å². The monoisotopic (exact) mass is 2430 g/mol. The number of nitrogens with zero attached hydrogens (tertiary/aromatic N) is 12. The summed E-state index contributed by atoms with van der Waals surface area (Å²) in [6.45, 7) is 35.4. The summed E-state index contributed by atoms with van der Waals surface area (Å²) in [5.74, 6) is 5.68. The molecule has 0 unspecified atom stereocenters. The van der Waals surface area contributed by atoms with Crippen LogP contribution in [-0.4, -0.2) is 28.7 Å². The average Bonchev–Trinajstić information content (AvgIpc) is 1.59. The maximum Gasteiger partial charge on any atom is 0.217 e. The van der Waals surface area contributed by atoms with Crippen molar-refractivity contribution >= 4 is 112 Å². The van der Waals surface area contributed by atoms with Gasteiger partial charge >= 0.3 is 0 Å². The van der Waals surface area contributed by atoms with E-state index in [0.29, 0.717) is 51.9 Å². The first-order valence-electron chi connectivity index (χ1n) is 49.0. The van der Waals surface area contributed by atoms with Crippen LogP contribution in [0.15, 0.2) is 358 Å². The largest absolute Gasteiger partial charge is 0.509 e. The molecular weight excluding hydrogens is 2320 g/mol. The van der Waals surface area contributed by atoms with Gasteiger partial charge in [-0.3, -0.25) is 4.57 Å². The number of fused-ring (bicyclic) bond motifs is 9. The molecule has 0 saturated heterocycles. The van der Waals surface area contributed by atoms with Crippen LogP contribution in [0.2, 0.25) is 0 Å². The number of pyridine rings is 2. The Hall–Kier alpha value is -14.5. The molecule has 0 N–H and O–H groups in total. The van der Waals surface area contributed by atoms with Gasteiger partial charge in [0.25, 0.3) is 0 Å². The number of aromatic nitrogens is 6. The van der Waals surface area contributed by atoms with Gasteiger partial charge in [0.1, 0.15) is 5.82 Å². The molecule has 0 spiro atoms. The van der Waals surface area contributed by atoms with Gasteiger partial charge in [-0.25, -0.2) is 15.0 Å². The number of benzene rings is 15. The molecule has 23 rings (SSSR count). The van der Waals surface area contributed by atoms with E-state index in [1.54, 1.807) is 18.3 Å². The van der Waals surface area contributed by atoms with E-state index in [1.165, 1.54) is 45.6 Å². The van der Waals surface area contributed by atoms with Crippen molar-refractivity contribution in [1.82, 2.24) is 28.7 Å². The minimum Gasteiger partial charge on any atom is -0.509 e. The molecule has 730 valence electrons. The second-order valence-electron chi connectivity index (χ2n) is 39.7. The van der Waals surface area contributed by atoms with Crippen LogP contribution in [-0.2, 0) is 84.9 Å². The Bertz CT molecular complexity index is 8220. The van der Waals surface area contributed by atoms with E-state index in [2.05, 4.69) is 396 Å². The molecule has 20 aromatic rings. The quantitative estimate of drug-likeness (QED) is 0.0808. The van der Waals surface area contributed by atoms with Crippen molar-refractivity contribution in [3.05, 3.63) is 454 Å². The van der Waals surface area contributed by atoms with Gasteiger partial charge in [-0.2, -0.15) is 36.4 Å². The topological polar surface area (TPSA) is 110 Å². The predicted molar refractivity (Wildman–Crippen MR) is 573 cm³/mol. The summed E-state index contributed by atoms with van der Waals surface area (Å²) in [7, 11) is 0. The molecule has 5 aromatic heterocycles. The number of para-hydroxylation sites is 8. The Morgan fingerprint density at radius 3 is 1.08 bits per heavy atom. The first kappa shape index (κ1) is 95.7. The van der Waals surface area contributed by atoms with Crippen molar-refractivity contribution < 1.29 is 86.3 Å². The molecule has 0 fully saturated rings. The molecule has 0 saturated carbocycles. The summed E-state index contributed by atoms with van der Waals surface area (Å²) in [5.41, 5.74) is 25.1. The fraction of sp³-hybridized carbons (Fsp3) is 0.152. The average molecular weight is 2430 g/mol. The fourth-order valence-corrected chi connectivity index (χ4v) is 18.5. The molecule has 8 heterocycles. The minimum atomic E-state index is -2.25. The molecule has 0 bridgehead atoms. The van der Waals surface area contributed by atoms with Crippen LogP contribution >= 0.6 is 0 Å². The third-order valence-corrected chi connectivity index (χ3v) is 25.7. The summed E-state index contributed by atoms with van der Waals surface area (Å²) in [6.07, 6.45) is 7.16. The van der Waals surface area contributed by atoms with E-state index in [0.717, 1.165) is 123 Å². The summed E-state index contributed by atoms with van der Waals surface area (Å²) < 4.78 is 55.1. The number of anilines is 12. The van der Waals surface area contributed by atoms with Gasteiger partial charge in [-0.1, -0.05) is 228 Å². The minimum absolute atomic E-state index is 0. The van der Waals surface area contributed by atoms with Crippen molar-refractivity contribution in [1.29, 1.82) is 0 Å². The molecule has 3 aliphatic rings. The van der Waals surface area contributed by atoms with Crippen molar-refractivity contribution in [3.8, 4) is 63.6 Å². The molecule has 19 heteroatoms. The van der Waals surface area contributed by atoms with E-state index >= 15 is 0 Å². The van der Waals surface area contributed by atoms with Crippen molar-refractivity contribution in [2.45, 2.75) is 125 Å². The molecule has 15 aromatic carbocycles. The van der Waals surface area contributed by atoms with Gasteiger partial charge in [0.15, 0.2) is 0 Å². The van der Waals surface area contributed by atoms with Gasteiger partial charge in [0, 0.05) is 201 Å². The molecule has 144 heavy (non-hydrogen) atoms. The number of imidazole rings is 1. The van der Waals surface area contributed by atoms with Gasteiger partial charge in [0.2, 0.25) is 11.8 Å². The Balaban J connectivity index is 0.000000145. The maximum atomic E-state index is 7.94. The number of hydrogen-bond acceptors (Lipinski definition) is 13. The smallest absolute Gasteiger partial charge is 0.217 e. The molecule has 0 radical (unpaired) electrons.